The van der Waals surface area contributed by atoms with E-state index in [0.717, 1.165) is 6.42 Å². The van der Waals surface area contributed by atoms with E-state index in [9.17, 15) is 4.79 Å². The third-order valence-electron chi connectivity index (χ3n) is 2.70. The number of H-pyrrole nitrogens is 1. The van der Waals surface area contributed by atoms with Crippen LogP contribution in [0.3, 0.4) is 0 Å². The molecule has 82 valence electrons. The maximum Gasteiger partial charge on any atom is 0.257 e. The van der Waals surface area contributed by atoms with Gasteiger partial charge in [0.15, 0.2) is 0 Å². The second-order valence-corrected chi connectivity index (χ2v) is 3.62. The lowest BCUT2D eigenvalue weighted by Crippen LogP contribution is -2.48. The number of ether oxygens (including phenoxy) is 1. The van der Waals surface area contributed by atoms with Gasteiger partial charge in [-0.25, -0.2) is 0 Å². The molecule has 1 N–H and O–H groups in total. The van der Waals surface area contributed by atoms with Crippen LogP contribution in [0.4, 0.5) is 0 Å². The molecule has 0 saturated carbocycles. The highest BCUT2D eigenvalue weighted by Gasteiger charge is 2.26. The van der Waals surface area contributed by atoms with Gasteiger partial charge in [0.05, 0.1) is 31.0 Å². The van der Waals surface area contributed by atoms with Crippen molar-refractivity contribution in [3.8, 4) is 0 Å². The molecule has 5 heteroatoms. The van der Waals surface area contributed by atoms with E-state index in [1.807, 2.05) is 4.90 Å². The Labute approximate surface area is 88.4 Å². The van der Waals surface area contributed by atoms with Crippen LogP contribution in [0.25, 0.3) is 0 Å². The number of amides is 1. The minimum atomic E-state index is 0.0406. The number of rotatable bonds is 2. The monoisotopic (exact) mass is 209 g/mol. The second-order valence-electron chi connectivity index (χ2n) is 3.62. The van der Waals surface area contributed by atoms with Crippen molar-refractivity contribution in [2.45, 2.75) is 19.4 Å². The Morgan fingerprint density at radius 2 is 2.67 bits per heavy atom. The number of hydrogen-bond acceptors (Lipinski definition) is 3. The Kier molecular flexibility index (Phi) is 3.01. The Balaban J connectivity index is 2.11. The zero-order chi connectivity index (χ0) is 10.7. The Bertz CT molecular complexity index is 323. The smallest absolute Gasteiger partial charge is 0.257 e. The van der Waals surface area contributed by atoms with Gasteiger partial charge >= 0.3 is 0 Å². The van der Waals surface area contributed by atoms with E-state index in [-0.39, 0.29) is 11.9 Å². The molecule has 1 aliphatic rings. The van der Waals surface area contributed by atoms with E-state index >= 15 is 0 Å². The van der Waals surface area contributed by atoms with Crippen molar-refractivity contribution in [2.24, 2.45) is 0 Å². The summed E-state index contributed by atoms with van der Waals surface area (Å²) < 4.78 is 5.35. The van der Waals surface area contributed by atoms with Crippen molar-refractivity contribution < 1.29 is 9.53 Å². The fraction of sp³-hybridized carbons (Fsp3) is 0.600. The standard InChI is InChI=1S/C10H15N3O2/c1-2-9-7-15-4-3-13(9)10(14)8-5-11-12-6-8/h5-6,9H,2-4,7H2,1H3,(H,11,12). The van der Waals surface area contributed by atoms with Crippen molar-refractivity contribution in [1.29, 1.82) is 0 Å². The van der Waals surface area contributed by atoms with Gasteiger partial charge in [-0.1, -0.05) is 6.92 Å². The molecule has 0 aromatic carbocycles. The molecule has 1 aromatic heterocycles. The van der Waals surface area contributed by atoms with Gasteiger partial charge in [0, 0.05) is 12.7 Å². The number of nitrogens with one attached hydrogen (secondary N) is 1. The molecule has 0 bridgehead atoms. The number of morpholine rings is 1. The zero-order valence-corrected chi connectivity index (χ0v) is 8.77. The Morgan fingerprint density at radius 1 is 1.80 bits per heavy atom. The summed E-state index contributed by atoms with van der Waals surface area (Å²) in [7, 11) is 0. The van der Waals surface area contributed by atoms with Crippen LogP contribution in [-0.4, -0.2) is 46.8 Å². The molecule has 5 nitrogen and oxygen atoms in total. The van der Waals surface area contributed by atoms with E-state index in [1.165, 1.54) is 0 Å². The lowest BCUT2D eigenvalue weighted by Gasteiger charge is -2.34. The molecule has 1 saturated heterocycles. The maximum absolute atomic E-state index is 12.0. The molecule has 1 unspecified atom stereocenters. The summed E-state index contributed by atoms with van der Waals surface area (Å²) in [6.45, 7) is 4.00. The molecule has 15 heavy (non-hydrogen) atoms. The molecule has 1 atom stereocenters. The fourth-order valence-electron chi connectivity index (χ4n) is 1.79. The summed E-state index contributed by atoms with van der Waals surface area (Å²) in [5.41, 5.74) is 0.621. The summed E-state index contributed by atoms with van der Waals surface area (Å²) in [6.07, 6.45) is 4.11. The number of hydrogen-bond donors (Lipinski definition) is 1. The van der Waals surface area contributed by atoms with E-state index in [2.05, 4.69) is 17.1 Å². The number of carbonyl (C=O) groups is 1. The predicted octanol–water partition coefficient (Wildman–Crippen LogP) is 0.661. The summed E-state index contributed by atoms with van der Waals surface area (Å²) in [5.74, 6) is 0.0406. The molecule has 1 aromatic rings. The normalized spacial score (nSPS) is 21.7. The number of carbonyl (C=O) groups excluding carboxylic acids is 1. The summed E-state index contributed by atoms with van der Waals surface area (Å²) in [4.78, 5) is 13.9. The summed E-state index contributed by atoms with van der Waals surface area (Å²) in [5, 5.41) is 6.44. The number of aromatic amines is 1. The van der Waals surface area contributed by atoms with Crippen molar-refractivity contribution in [3.63, 3.8) is 0 Å². The molecule has 1 amide bonds. The Morgan fingerprint density at radius 3 is 3.33 bits per heavy atom. The van der Waals surface area contributed by atoms with Gasteiger partial charge in [0.2, 0.25) is 0 Å². The van der Waals surface area contributed by atoms with Crippen LogP contribution in [-0.2, 0) is 4.74 Å². The zero-order valence-electron chi connectivity index (χ0n) is 8.77. The first-order chi connectivity index (χ1) is 7.33. The van der Waals surface area contributed by atoms with Crippen molar-refractivity contribution in [1.82, 2.24) is 15.1 Å². The molecular formula is C10H15N3O2. The molecule has 0 radical (unpaired) electrons. The van der Waals surface area contributed by atoms with E-state index in [0.29, 0.717) is 25.3 Å². The Hall–Kier alpha value is -1.36. The maximum atomic E-state index is 12.0. The SMILES string of the molecule is CCC1COCCN1C(=O)c1cn[nH]c1. The first kappa shape index (κ1) is 10.2. The van der Waals surface area contributed by atoms with Gasteiger partial charge in [-0.3, -0.25) is 9.89 Å². The molecule has 0 aliphatic carbocycles. The largest absolute Gasteiger partial charge is 0.377 e. The van der Waals surface area contributed by atoms with E-state index < -0.39 is 0 Å². The van der Waals surface area contributed by atoms with E-state index in [1.54, 1.807) is 12.4 Å². The third kappa shape index (κ3) is 2.02. The van der Waals surface area contributed by atoms with E-state index in [4.69, 9.17) is 4.74 Å². The predicted molar refractivity (Wildman–Crippen MR) is 54.5 cm³/mol. The van der Waals surface area contributed by atoms with Crippen LogP contribution >= 0.6 is 0 Å². The lowest BCUT2D eigenvalue weighted by atomic mass is 10.1. The molecule has 2 rings (SSSR count). The molecule has 2 heterocycles. The van der Waals surface area contributed by atoms with Gasteiger partial charge in [-0.2, -0.15) is 5.10 Å². The van der Waals surface area contributed by atoms with Crippen molar-refractivity contribution in [2.75, 3.05) is 19.8 Å². The van der Waals surface area contributed by atoms with Crippen molar-refractivity contribution in [3.05, 3.63) is 18.0 Å². The second kappa shape index (κ2) is 4.44. The highest BCUT2D eigenvalue weighted by Crippen LogP contribution is 2.13. The minimum Gasteiger partial charge on any atom is -0.377 e. The van der Waals surface area contributed by atoms with Gasteiger partial charge in [0.25, 0.3) is 5.91 Å². The molecule has 1 fully saturated rings. The average molecular weight is 209 g/mol. The third-order valence-corrected chi connectivity index (χ3v) is 2.70. The summed E-state index contributed by atoms with van der Waals surface area (Å²) >= 11 is 0. The van der Waals surface area contributed by atoms with Crippen molar-refractivity contribution >= 4 is 5.91 Å². The first-order valence-corrected chi connectivity index (χ1v) is 5.20. The lowest BCUT2D eigenvalue weighted by molar-refractivity contribution is -0.00279. The topological polar surface area (TPSA) is 58.2 Å². The fourth-order valence-corrected chi connectivity index (χ4v) is 1.79. The van der Waals surface area contributed by atoms with Crippen LogP contribution in [0.2, 0.25) is 0 Å². The molecule has 0 spiro atoms. The highest BCUT2D eigenvalue weighted by atomic mass is 16.5. The molecular weight excluding hydrogens is 194 g/mol. The average Bonchev–Trinajstić information content (AvgIpc) is 2.81. The minimum absolute atomic E-state index is 0.0406. The van der Waals surface area contributed by atoms with Crippen LogP contribution in [0, 0.1) is 0 Å². The van der Waals surface area contributed by atoms with Gasteiger partial charge < -0.3 is 9.64 Å². The quantitative estimate of drug-likeness (QED) is 0.778. The van der Waals surface area contributed by atoms with Gasteiger partial charge in [-0.15, -0.1) is 0 Å². The van der Waals surface area contributed by atoms with Crippen LogP contribution in [0.15, 0.2) is 12.4 Å². The van der Waals surface area contributed by atoms with Crippen LogP contribution in [0.1, 0.15) is 23.7 Å². The highest BCUT2D eigenvalue weighted by molar-refractivity contribution is 5.93. The number of aromatic nitrogens is 2. The van der Waals surface area contributed by atoms with Crippen LogP contribution < -0.4 is 0 Å². The first-order valence-electron chi connectivity index (χ1n) is 5.20. The number of nitrogens with zero attached hydrogens (tertiary/aromatic N) is 2. The van der Waals surface area contributed by atoms with Gasteiger partial charge in [0.1, 0.15) is 0 Å². The van der Waals surface area contributed by atoms with Crippen LogP contribution in [0.5, 0.6) is 0 Å². The molecule has 1 aliphatic heterocycles. The summed E-state index contributed by atoms with van der Waals surface area (Å²) in [6, 6.07) is 0.196. The van der Waals surface area contributed by atoms with Gasteiger partial charge in [-0.05, 0) is 6.42 Å².